The maximum Gasteiger partial charge on any atom is 0.339 e. The Labute approximate surface area is 106 Å². The predicted octanol–water partition coefficient (Wildman–Crippen LogP) is 2.73. The highest BCUT2D eigenvalue weighted by Gasteiger charge is 2.19. The van der Waals surface area contributed by atoms with Crippen LogP contribution in [-0.2, 0) is 4.74 Å². The number of ether oxygens (including phenoxy) is 1. The molecule has 1 N–H and O–H groups in total. The van der Waals surface area contributed by atoms with Gasteiger partial charge in [0.1, 0.15) is 0 Å². The van der Waals surface area contributed by atoms with Crippen LogP contribution in [0.1, 0.15) is 46.4 Å². The number of hydrogen-bond donors (Lipinski definition) is 1. The highest BCUT2D eigenvalue weighted by molar-refractivity contribution is 6.02. The zero-order chi connectivity index (χ0) is 13.0. The van der Waals surface area contributed by atoms with Crippen molar-refractivity contribution in [3.8, 4) is 0 Å². The van der Waals surface area contributed by atoms with E-state index in [0.717, 1.165) is 6.42 Å². The molecule has 0 unspecified atom stereocenters. The first-order valence-corrected chi connectivity index (χ1v) is 6.18. The molecule has 1 aliphatic carbocycles. The van der Waals surface area contributed by atoms with Crippen molar-refractivity contribution < 1.29 is 19.4 Å². The first-order chi connectivity index (χ1) is 8.68. The van der Waals surface area contributed by atoms with Gasteiger partial charge in [-0.25, -0.2) is 9.59 Å². The van der Waals surface area contributed by atoms with Crippen LogP contribution in [-0.4, -0.2) is 23.7 Å². The summed E-state index contributed by atoms with van der Waals surface area (Å²) in [6.45, 7) is 0.372. The average Bonchev–Trinajstić information content (AvgIpc) is 2.32. The van der Waals surface area contributed by atoms with E-state index < -0.39 is 11.9 Å². The van der Waals surface area contributed by atoms with E-state index in [1.165, 1.54) is 31.4 Å². The molecule has 1 saturated carbocycles. The van der Waals surface area contributed by atoms with Crippen LogP contribution in [0.4, 0.5) is 0 Å². The van der Waals surface area contributed by atoms with E-state index in [2.05, 4.69) is 0 Å². The number of carboxylic acids is 1. The summed E-state index contributed by atoms with van der Waals surface area (Å²) < 4.78 is 5.12. The normalized spacial score (nSPS) is 14.9. The zero-order valence-corrected chi connectivity index (χ0v) is 10.1. The SMILES string of the molecule is O=C(O)c1ccccc1C(=O)OCCC1CCC1. The summed E-state index contributed by atoms with van der Waals surface area (Å²) in [6, 6.07) is 6.11. The quantitative estimate of drug-likeness (QED) is 0.814. The molecule has 1 aromatic rings. The van der Waals surface area contributed by atoms with Gasteiger partial charge < -0.3 is 9.84 Å². The van der Waals surface area contributed by atoms with Crippen molar-refractivity contribution in [2.75, 3.05) is 6.61 Å². The number of carboxylic acid groups (broad SMARTS) is 1. The monoisotopic (exact) mass is 248 g/mol. The van der Waals surface area contributed by atoms with Crippen LogP contribution < -0.4 is 0 Å². The zero-order valence-electron chi connectivity index (χ0n) is 10.1. The van der Waals surface area contributed by atoms with Gasteiger partial charge in [0.15, 0.2) is 0 Å². The third kappa shape index (κ3) is 2.88. The Morgan fingerprint density at radius 3 is 2.44 bits per heavy atom. The van der Waals surface area contributed by atoms with Crippen molar-refractivity contribution in [1.29, 1.82) is 0 Å². The van der Waals surface area contributed by atoms with Crippen molar-refractivity contribution in [3.05, 3.63) is 35.4 Å². The number of carbonyl (C=O) groups excluding carboxylic acids is 1. The van der Waals surface area contributed by atoms with Crippen molar-refractivity contribution in [2.24, 2.45) is 5.92 Å². The van der Waals surface area contributed by atoms with Crippen LogP contribution in [0.5, 0.6) is 0 Å². The maximum absolute atomic E-state index is 11.8. The molecule has 0 atom stereocenters. The molecule has 4 nitrogen and oxygen atoms in total. The topological polar surface area (TPSA) is 63.6 Å². The standard InChI is InChI=1S/C14H16O4/c15-13(16)11-6-1-2-7-12(11)14(17)18-9-8-10-4-3-5-10/h1-2,6-7,10H,3-5,8-9H2,(H,15,16). The number of aromatic carboxylic acids is 1. The third-order valence-corrected chi connectivity index (χ3v) is 3.36. The molecule has 1 aliphatic rings. The number of esters is 1. The first kappa shape index (κ1) is 12.6. The molecule has 0 amide bonds. The van der Waals surface area contributed by atoms with E-state index in [1.54, 1.807) is 12.1 Å². The minimum absolute atomic E-state index is 0.00820. The van der Waals surface area contributed by atoms with Crippen molar-refractivity contribution in [1.82, 2.24) is 0 Å². The average molecular weight is 248 g/mol. The smallest absolute Gasteiger partial charge is 0.339 e. The summed E-state index contributed by atoms with van der Waals surface area (Å²) in [5.74, 6) is -0.985. The summed E-state index contributed by atoms with van der Waals surface area (Å²) in [6.07, 6.45) is 4.56. The highest BCUT2D eigenvalue weighted by Crippen LogP contribution is 2.29. The molecule has 4 heteroatoms. The fourth-order valence-corrected chi connectivity index (χ4v) is 2.03. The number of hydrogen-bond acceptors (Lipinski definition) is 3. The van der Waals surface area contributed by atoms with Crippen molar-refractivity contribution in [3.63, 3.8) is 0 Å². The van der Waals surface area contributed by atoms with Crippen LogP contribution in [0.15, 0.2) is 24.3 Å². The summed E-state index contributed by atoms with van der Waals surface area (Å²) in [5.41, 5.74) is 0.116. The maximum atomic E-state index is 11.8. The second kappa shape index (κ2) is 5.67. The molecule has 0 aromatic heterocycles. The number of rotatable bonds is 5. The van der Waals surface area contributed by atoms with Gasteiger partial charge in [-0.1, -0.05) is 31.4 Å². The Morgan fingerprint density at radius 2 is 1.89 bits per heavy atom. The molecule has 1 fully saturated rings. The van der Waals surface area contributed by atoms with E-state index in [0.29, 0.717) is 12.5 Å². The Balaban J connectivity index is 1.93. The van der Waals surface area contributed by atoms with Gasteiger partial charge in [-0.05, 0) is 24.5 Å². The molecular weight excluding hydrogens is 232 g/mol. The van der Waals surface area contributed by atoms with E-state index in [9.17, 15) is 9.59 Å². The summed E-state index contributed by atoms with van der Waals surface area (Å²) in [5, 5.41) is 8.97. The van der Waals surface area contributed by atoms with Gasteiger partial charge in [0, 0.05) is 0 Å². The van der Waals surface area contributed by atoms with Crippen LogP contribution in [0.2, 0.25) is 0 Å². The van der Waals surface area contributed by atoms with Crippen molar-refractivity contribution >= 4 is 11.9 Å². The second-order valence-electron chi connectivity index (χ2n) is 4.57. The second-order valence-corrected chi connectivity index (χ2v) is 4.57. The molecule has 0 aliphatic heterocycles. The van der Waals surface area contributed by atoms with E-state index >= 15 is 0 Å². The minimum Gasteiger partial charge on any atom is -0.478 e. The summed E-state index contributed by atoms with van der Waals surface area (Å²) in [7, 11) is 0. The molecule has 0 bridgehead atoms. The predicted molar refractivity (Wildman–Crippen MR) is 65.6 cm³/mol. The van der Waals surface area contributed by atoms with Crippen LogP contribution in [0, 0.1) is 5.92 Å². The van der Waals surface area contributed by atoms with Gasteiger partial charge in [-0.15, -0.1) is 0 Å². The van der Waals surface area contributed by atoms with Gasteiger partial charge >= 0.3 is 11.9 Å². The van der Waals surface area contributed by atoms with Crippen molar-refractivity contribution in [2.45, 2.75) is 25.7 Å². The fourth-order valence-electron chi connectivity index (χ4n) is 2.03. The Morgan fingerprint density at radius 1 is 1.22 bits per heavy atom. The molecule has 1 aromatic carbocycles. The molecule has 0 heterocycles. The largest absolute Gasteiger partial charge is 0.478 e. The Kier molecular flexibility index (Phi) is 3.97. The lowest BCUT2D eigenvalue weighted by atomic mass is 9.83. The van der Waals surface area contributed by atoms with Gasteiger partial charge in [-0.3, -0.25) is 0 Å². The number of carbonyl (C=O) groups is 2. The lowest BCUT2D eigenvalue weighted by Crippen LogP contribution is -2.17. The van der Waals surface area contributed by atoms with E-state index in [4.69, 9.17) is 9.84 Å². The van der Waals surface area contributed by atoms with Gasteiger partial charge in [-0.2, -0.15) is 0 Å². The van der Waals surface area contributed by atoms with Crippen LogP contribution >= 0.6 is 0 Å². The molecule has 2 rings (SSSR count). The van der Waals surface area contributed by atoms with Crippen LogP contribution in [0.25, 0.3) is 0 Å². The third-order valence-electron chi connectivity index (χ3n) is 3.36. The Hall–Kier alpha value is -1.84. The molecule has 0 spiro atoms. The molecule has 96 valence electrons. The molecule has 0 radical (unpaired) electrons. The van der Waals surface area contributed by atoms with Gasteiger partial charge in [0.05, 0.1) is 17.7 Å². The summed E-state index contributed by atoms with van der Waals surface area (Å²) >= 11 is 0. The minimum atomic E-state index is -1.11. The lowest BCUT2D eigenvalue weighted by Gasteiger charge is -2.24. The first-order valence-electron chi connectivity index (χ1n) is 6.18. The van der Waals surface area contributed by atoms with E-state index in [-0.39, 0.29) is 11.1 Å². The van der Waals surface area contributed by atoms with Gasteiger partial charge in [0.25, 0.3) is 0 Å². The van der Waals surface area contributed by atoms with Crippen LogP contribution in [0.3, 0.4) is 0 Å². The fraction of sp³-hybridized carbons (Fsp3) is 0.429. The lowest BCUT2D eigenvalue weighted by molar-refractivity contribution is 0.0455. The Bertz CT molecular complexity index is 449. The highest BCUT2D eigenvalue weighted by atomic mass is 16.5. The summed E-state index contributed by atoms with van der Waals surface area (Å²) in [4.78, 5) is 22.7. The molecule has 0 saturated heterocycles. The molecular formula is C14H16O4. The van der Waals surface area contributed by atoms with Gasteiger partial charge in [0.2, 0.25) is 0 Å². The number of benzene rings is 1. The van der Waals surface area contributed by atoms with E-state index in [1.807, 2.05) is 0 Å². The molecule has 18 heavy (non-hydrogen) atoms.